The molecule has 2 N–H and O–H groups in total. The topological polar surface area (TPSA) is 131 Å². The Labute approximate surface area is 215 Å². The van der Waals surface area contributed by atoms with E-state index in [1.54, 1.807) is 20.0 Å². The predicted octanol–water partition coefficient (Wildman–Crippen LogP) is 2.23. The fourth-order valence-electron chi connectivity index (χ4n) is 2.92. The molecule has 0 saturated carbocycles. The normalized spacial score (nSPS) is 12.4. The molecule has 0 radical (unpaired) electrons. The minimum Gasteiger partial charge on any atom is -0.501 e. The van der Waals surface area contributed by atoms with Crippen molar-refractivity contribution in [3.8, 4) is 5.75 Å². The Hall–Kier alpha value is -4.06. The van der Waals surface area contributed by atoms with Crippen LogP contribution in [0.15, 0.2) is 52.0 Å². The van der Waals surface area contributed by atoms with E-state index >= 15 is 0 Å². The number of ether oxygens (including phenoxy) is 2. The molecule has 2 aromatic rings. The maximum atomic E-state index is 12.9. The first-order valence-corrected chi connectivity index (χ1v) is 11.6. The van der Waals surface area contributed by atoms with Crippen LogP contribution in [-0.4, -0.2) is 70.5 Å². The van der Waals surface area contributed by atoms with Gasteiger partial charge in [0.1, 0.15) is 18.2 Å². The van der Waals surface area contributed by atoms with E-state index in [2.05, 4.69) is 27.1 Å². The number of nitrogens with one attached hydrogen (secondary N) is 1. The van der Waals surface area contributed by atoms with Gasteiger partial charge < -0.3 is 24.8 Å². The van der Waals surface area contributed by atoms with Crippen LogP contribution in [0.1, 0.15) is 35.7 Å². The van der Waals surface area contributed by atoms with Crippen molar-refractivity contribution in [1.29, 1.82) is 0 Å². The second-order valence-corrected chi connectivity index (χ2v) is 8.14. The number of amides is 1. The highest BCUT2D eigenvalue weighted by molar-refractivity contribution is 5.94. The van der Waals surface area contributed by atoms with Crippen molar-refractivity contribution < 1.29 is 23.8 Å². The Morgan fingerprint density at radius 2 is 1.97 bits per heavy atom. The Balaban J connectivity index is 0.000000510. The first-order chi connectivity index (χ1) is 17.6. The quantitative estimate of drug-likeness (QED) is 0.463. The van der Waals surface area contributed by atoms with Crippen LogP contribution in [0.5, 0.6) is 5.75 Å². The molecule has 2 heterocycles. The number of hydrogen-bond donors (Lipinski definition) is 2. The van der Waals surface area contributed by atoms with E-state index < -0.39 is 17.2 Å². The predicted molar refractivity (Wildman–Crippen MR) is 138 cm³/mol. The van der Waals surface area contributed by atoms with Crippen molar-refractivity contribution >= 4 is 17.5 Å². The van der Waals surface area contributed by atoms with Crippen molar-refractivity contribution in [2.75, 3.05) is 33.4 Å². The van der Waals surface area contributed by atoms with Gasteiger partial charge in [-0.05, 0) is 37.7 Å². The van der Waals surface area contributed by atoms with Gasteiger partial charge >= 0.3 is 0 Å². The third-order valence-electron chi connectivity index (χ3n) is 5.13. The van der Waals surface area contributed by atoms with Gasteiger partial charge in [-0.1, -0.05) is 18.7 Å². The van der Waals surface area contributed by atoms with Gasteiger partial charge in [0.15, 0.2) is 5.69 Å². The van der Waals surface area contributed by atoms with Crippen LogP contribution in [0.25, 0.3) is 0 Å². The molecule has 37 heavy (non-hydrogen) atoms. The van der Waals surface area contributed by atoms with Crippen molar-refractivity contribution in [2.45, 2.75) is 33.9 Å². The summed E-state index contributed by atoms with van der Waals surface area (Å²) in [5, 5.41) is 20.2. The van der Waals surface area contributed by atoms with Gasteiger partial charge in [0.2, 0.25) is 11.6 Å². The van der Waals surface area contributed by atoms with E-state index in [9.17, 15) is 19.1 Å². The minimum absolute atomic E-state index is 0.107. The number of benzene rings is 1. The molecule has 12 heteroatoms. The molecular formula is C25H33FN6O5. The number of aromatic nitrogens is 2. The monoisotopic (exact) mass is 516 g/mol. The van der Waals surface area contributed by atoms with Crippen LogP contribution in [-0.2, 0) is 22.6 Å². The largest absolute Gasteiger partial charge is 0.501 e. The maximum absolute atomic E-state index is 12.9. The van der Waals surface area contributed by atoms with Crippen LogP contribution >= 0.6 is 0 Å². The second kappa shape index (κ2) is 14.5. The summed E-state index contributed by atoms with van der Waals surface area (Å²) in [4.78, 5) is 30.7. The van der Waals surface area contributed by atoms with Gasteiger partial charge in [0.25, 0.3) is 11.5 Å². The number of rotatable bonds is 10. The molecule has 200 valence electrons. The van der Waals surface area contributed by atoms with Crippen LogP contribution in [0.2, 0.25) is 0 Å². The highest BCUT2D eigenvalue weighted by atomic mass is 19.1. The fraction of sp³-hybridized carbons (Fsp3) is 0.400. The molecule has 1 aromatic heterocycles. The summed E-state index contributed by atoms with van der Waals surface area (Å²) < 4.78 is 24.7. The van der Waals surface area contributed by atoms with E-state index in [4.69, 9.17) is 9.47 Å². The molecule has 0 spiro atoms. The first-order valence-electron chi connectivity index (χ1n) is 11.6. The first kappa shape index (κ1) is 29.2. The second-order valence-electron chi connectivity index (χ2n) is 8.14. The average Bonchev–Trinajstić information content (AvgIpc) is 2.89. The van der Waals surface area contributed by atoms with Crippen molar-refractivity contribution in [3.05, 3.63) is 70.3 Å². The summed E-state index contributed by atoms with van der Waals surface area (Å²) in [5.74, 6) is -0.862. The standard InChI is InChI=1S/C20H25FN4O4.C5H8N2O/c1-4-24(3)9-11-29-12-10-25-14(2)23-17(18(26)20(25)28)19(27)22-13-15-5-7-16(21)8-6-15;1-4-3-8-5(2)7-6-4/h4-8,26H,1,9-13H2,2-3H3,(H,22,27);3H2,1-2H3. The average molecular weight is 517 g/mol. The molecule has 0 atom stereocenters. The number of nitrogens with zero attached hydrogens (tertiary/aromatic N) is 5. The fourth-order valence-corrected chi connectivity index (χ4v) is 2.92. The zero-order valence-electron chi connectivity index (χ0n) is 21.5. The maximum Gasteiger partial charge on any atom is 0.296 e. The summed E-state index contributed by atoms with van der Waals surface area (Å²) in [5.41, 5.74) is 0.537. The molecule has 1 amide bonds. The Morgan fingerprint density at radius 1 is 1.27 bits per heavy atom. The zero-order chi connectivity index (χ0) is 27.4. The summed E-state index contributed by atoms with van der Waals surface area (Å²) in [7, 11) is 1.87. The highest BCUT2D eigenvalue weighted by Gasteiger charge is 2.19. The van der Waals surface area contributed by atoms with Gasteiger partial charge in [-0.2, -0.15) is 5.10 Å². The lowest BCUT2D eigenvalue weighted by Crippen LogP contribution is -2.31. The smallest absolute Gasteiger partial charge is 0.296 e. The molecule has 1 aliphatic heterocycles. The number of carbonyl (C=O) groups excluding carboxylic acids is 1. The van der Waals surface area contributed by atoms with Crippen molar-refractivity contribution in [3.63, 3.8) is 0 Å². The summed E-state index contributed by atoms with van der Waals surface area (Å²) in [6.07, 6.45) is 1.68. The lowest BCUT2D eigenvalue weighted by atomic mass is 10.2. The van der Waals surface area contributed by atoms with Gasteiger partial charge in [0, 0.05) is 27.1 Å². The van der Waals surface area contributed by atoms with Gasteiger partial charge in [-0.15, -0.1) is 5.10 Å². The van der Waals surface area contributed by atoms with E-state index in [0.29, 0.717) is 31.2 Å². The van der Waals surface area contributed by atoms with E-state index in [1.165, 1.54) is 28.8 Å². The third-order valence-corrected chi connectivity index (χ3v) is 5.13. The molecule has 0 saturated heterocycles. The van der Waals surface area contributed by atoms with Crippen LogP contribution in [0, 0.1) is 12.7 Å². The molecular weight excluding hydrogens is 483 g/mol. The molecule has 1 aliphatic rings. The highest BCUT2D eigenvalue weighted by Crippen LogP contribution is 2.10. The number of aromatic hydroxyl groups is 1. The van der Waals surface area contributed by atoms with Crippen LogP contribution in [0.3, 0.4) is 0 Å². The number of carbonyl (C=O) groups is 1. The van der Waals surface area contributed by atoms with Crippen molar-refractivity contribution in [1.82, 2.24) is 19.8 Å². The van der Waals surface area contributed by atoms with Crippen molar-refractivity contribution in [2.24, 2.45) is 10.2 Å². The molecule has 0 unspecified atom stereocenters. The number of aryl methyl sites for hydroxylation is 1. The molecule has 0 fully saturated rings. The number of hydrogen-bond acceptors (Lipinski definition) is 9. The third kappa shape index (κ3) is 9.49. The summed E-state index contributed by atoms with van der Waals surface area (Å²) in [6.45, 7) is 11.1. The SMILES string of the molecule is C=CN(C)CCOCCn1c(C)nc(C(=O)NCc2ccc(F)cc2)c(O)c1=O.CC1=NN=C(C)OC1. The Morgan fingerprint density at radius 3 is 2.57 bits per heavy atom. The Bertz CT molecular complexity index is 1180. The number of likely N-dealkylation sites (N-methyl/N-ethyl adjacent to an activating group) is 1. The van der Waals surface area contributed by atoms with Gasteiger partial charge in [-0.3, -0.25) is 14.2 Å². The molecule has 0 aliphatic carbocycles. The Kier molecular flexibility index (Phi) is 11.4. The number of halogens is 1. The van der Waals surface area contributed by atoms with E-state index in [-0.39, 0.29) is 37.0 Å². The van der Waals surface area contributed by atoms with Gasteiger partial charge in [0.05, 0.1) is 25.5 Å². The molecule has 11 nitrogen and oxygen atoms in total. The minimum atomic E-state index is -0.724. The molecule has 3 rings (SSSR count). The van der Waals surface area contributed by atoms with Gasteiger partial charge in [-0.25, -0.2) is 9.37 Å². The zero-order valence-corrected chi connectivity index (χ0v) is 21.5. The summed E-state index contributed by atoms with van der Waals surface area (Å²) >= 11 is 0. The molecule has 1 aromatic carbocycles. The lowest BCUT2D eigenvalue weighted by molar-refractivity contribution is 0.0941. The van der Waals surface area contributed by atoms with Crippen LogP contribution < -0.4 is 10.9 Å². The van der Waals surface area contributed by atoms with Crippen LogP contribution in [0.4, 0.5) is 4.39 Å². The lowest BCUT2D eigenvalue weighted by Gasteiger charge is -2.15. The summed E-state index contributed by atoms with van der Waals surface area (Å²) in [6, 6.07) is 5.61. The van der Waals surface area contributed by atoms with E-state index in [0.717, 1.165) is 5.71 Å². The van der Waals surface area contributed by atoms with E-state index in [1.807, 2.05) is 18.9 Å². The molecule has 0 bridgehead atoms.